The second-order valence-corrected chi connectivity index (χ2v) is 11.4. The van der Waals surface area contributed by atoms with E-state index in [0.717, 1.165) is 82.0 Å². The van der Waals surface area contributed by atoms with E-state index < -0.39 is 0 Å². The van der Waals surface area contributed by atoms with Gasteiger partial charge in [-0.25, -0.2) is 9.97 Å². The lowest BCUT2D eigenvalue weighted by atomic mass is 9.89. The van der Waals surface area contributed by atoms with Crippen molar-refractivity contribution in [3.8, 4) is 11.8 Å². The van der Waals surface area contributed by atoms with Crippen LogP contribution in [-0.2, 0) is 13.1 Å². The molecule has 7 nitrogen and oxygen atoms in total. The van der Waals surface area contributed by atoms with E-state index in [1.807, 2.05) is 0 Å². The number of hydrogen-bond donors (Lipinski definition) is 0. The van der Waals surface area contributed by atoms with Crippen LogP contribution in [0.3, 0.4) is 0 Å². The number of likely N-dealkylation sites (tertiary alicyclic amines) is 1. The summed E-state index contributed by atoms with van der Waals surface area (Å²) in [5, 5.41) is 10.3. The maximum absolute atomic E-state index is 9.30. The van der Waals surface area contributed by atoms with E-state index in [-0.39, 0.29) is 11.2 Å². The summed E-state index contributed by atoms with van der Waals surface area (Å²) >= 11 is 0. The van der Waals surface area contributed by atoms with E-state index in [1.54, 1.807) is 6.20 Å². The molecule has 2 aromatic heterocycles. The first-order valence-corrected chi connectivity index (χ1v) is 13.7. The van der Waals surface area contributed by atoms with E-state index in [2.05, 4.69) is 95.4 Å². The van der Waals surface area contributed by atoms with Gasteiger partial charge in [-0.1, -0.05) is 46.8 Å². The number of piperidine rings is 1. The Hall–Kier alpha value is -2.95. The number of likely N-dealkylation sites (N-methyl/N-ethyl adjacent to an activating group) is 1. The van der Waals surface area contributed by atoms with Crippen molar-refractivity contribution < 1.29 is 4.74 Å². The van der Waals surface area contributed by atoms with Gasteiger partial charge in [0.15, 0.2) is 0 Å². The first-order valence-electron chi connectivity index (χ1n) is 13.7. The topological polar surface area (TPSA) is 70.2 Å². The highest BCUT2D eigenvalue weighted by Gasteiger charge is 2.24. The van der Waals surface area contributed by atoms with Crippen LogP contribution in [0.1, 0.15) is 70.5 Å². The molecule has 3 heterocycles. The first kappa shape index (κ1) is 27.1. The number of nitrogens with zero attached hydrogens (tertiary/aromatic N) is 6. The SMILES string of the molecule is CCN(CC)CCOc1ccc(C2CCN(Cc3cc4cnc(C#N)nc4n3CC(C)(C)C)CC2)cc1. The number of fused-ring (bicyclic) bond motifs is 1. The van der Waals surface area contributed by atoms with Gasteiger partial charge in [-0.2, -0.15) is 5.26 Å². The third-order valence-corrected chi connectivity index (χ3v) is 7.35. The van der Waals surface area contributed by atoms with Gasteiger partial charge in [-0.3, -0.25) is 4.90 Å². The lowest BCUT2D eigenvalue weighted by Crippen LogP contribution is -2.33. The molecule has 0 saturated carbocycles. The van der Waals surface area contributed by atoms with Crippen LogP contribution in [0.15, 0.2) is 36.5 Å². The Morgan fingerprint density at radius 1 is 1.11 bits per heavy atom. The van der Waals surface area contributed by atoms with Gasteiger partial charge in [0, 0.05) is 36.9 Å². The third-order valence-electron chi connectivity index (χ3n) is 7.35. The van der Waals surface area contributed by atoms with E-state index in [4.69, 9.17) is 4.74 Å². The van der Waals surface area contributed by atoms with Crippen LogP contribution in [-0.4, -0.2) is 63.7 Å². The average Bonchev–Trinajstić information content (AvgIpc) is 3.22. The summed E-state index contributed by atoms with van der Waals surface area (Å²) in [6.07, 6.45) is 4.09. The van der Waals surface area contributed by atoms with Crippen LogP contribution in [0.4, 0.5) is 0 Å². The number of benzene rings is 1. The number of rotatable bonds is 10. The molecule has 198 valence electrons. The summed E-state index contributed by atoms with van der Waals surface area (Å²) in [5.74, 6) is 1.78. The second-order valence-electron chi connectivity index (χ2n) is 11.4. The molecule has 37 heavy (non-hydrogen) atoms. The predicted molar refractivity (Wildman–Crippen MR) is 149 cm³/mol. The zero-order chi connectivity index (χ0) is 26.4. The van der Waals surface area contributed by atoms with Crippen molar-refractivity contribution in [1.29, 1.82) is 5.26 Å². The predicted octanol–water partition coefficient (Wildman–Crippen LogP) is 5.45. The maximum atomic E-state index is 9.30. The van der Waals surface area contributed by atoms with Crippen LogP contribution in [0.25, 0.3) is 11.0 Å². The zero-order valence-electron chi connectivity index (χ0n) is 23.2. The largest absolute Gasteiger partial charge is 0.492 e. The molecule has 0 spiro atoms. The lowest BCUT2D eigenvalue weighted by molar-refractivity contribution is 0.198. The molecular formula is C30H42N6O. The summed E-state index contributed by atoms with van der Waals surface area (Å²) in [6.45, 7) is 18.8. The quantitative estimate of drug-likeness (QED) is 0.367. The summed E-state index contributed by atoms with van der Waals surface area (Å²) in [4.78, 5) is 13.7. The molecule has 4 rings (SSSR count). The van der Waals surface area contributed by atoms with Crippen molar-refractivity contribution in [1.82, 2.24) is 24.3 Å². The van der Waals surface area contributed by atoms with E-state index in [1.165, 1.54) is 11.3 Å². The minimum Gasteiger partial charge on any atom is -0.492 e. The molecule has 0 amide bonds. The van der Waals surface area contributed by atoms with Crippen molar-refractivity contribution in [2.45, 2.75) is 66.5 Å². The Labute approximate surface area is 222 Å². The fourth-order valence-electron chi connectivity index (χ4n) is 5.25. The van der Waals surface area contributed by atoms with Crippen LogP contribution < -0.4 is 4.74 Å². The molecule has 1 aliphatic rings. The van der Waals surface area contributed by atoms with Gasteiger partial charge in [0.05, 0.1) is 0 Å². The minimum atomic E-state index is 0.104. The highest BCUT2D eigenvalue weighted by Crippen LogP contribution is 2.31. The normalized spacial score (nSPS) is 15.4. The number of nitriles is 1. The molecular weight excluding hydrogens is 460 g/mol. The van der Waals surface area contributed by atoms with Gasteiger partial charge in [0.25, 0.3) is 0 Å². The van der Waals surface area contributed by atoms with E-state index in [9.17, 15) is 5.26 Å². The Balaban J connectivity index is 1.36. The zero-order valence-corrected chi connectivity index (χ0v) is 23.2. The fourth-order valence-corrected chi connectivity index (χ4v) is 5.25. The summed E-state index contributed by atoms with van der Waals surface area (Å²) in [7, 11) is 0. The second kappa shape index (κ2) is 12.1. The molecule has 1 aliphatic heterocycles. The molecule has 1 saturated heterocycles. The van der Waals surface area contributed by atoms with Gasteiger partial charge in [0.1, 0.15) is 24.1 Å². The van der Waals surface area contributed by atoms with Gasteiger partial charge >= 0.3 is 0 Å². The van der Waals surface area contributed by atoms with Crippen LogP contribution >= 0.6 is 0 Å². The molecule has 1 fully saturated rings. The minimum absolute atomic E-state index is 0.104. The molecule has 0 aliphatic carbocycles. The number of hydrogen-bond acceptors (Lipinski definition) is 6. The Bertz CT molecular complexity index is 1190. The number of aromatic nitrogens is 3. The molecule has 0 N–H and O–H groups in total. The standard InChI is InChI=1S/C30H42N6O/c1-6-34(7-2)16-17-37-27-10-8-23(9-11-27)24-12-14-35(15-13-24)21-26-18-25-20-32-28(19-31)33-29(25)36(26)22-30(3,4)5/h8-11,18,20,24H,6-7,12-17,21-22H2,1-5H3. The fraction of sp³-hybridized carbons (Fsp3) is 0.567. The molecule has 7 heteroatoms. The average molecular weight is 503 g/mol. The van der Waals surface area contributed by atoms with Crippen LogP contribution in [0.5, 0.6) is 5.75 Å². The summed E-state index contributed by atoms with van der Waals surface area (Å²) < 4.78 is 8.27. The van der Waals surface area contributed by atoms with Crippen LogP contribution in [0, 0.1) is 16.7 Å². The molecule has 0 radical (unpaired) electrons. The molecule has 3 aromatic rings. The van der Waals surface area contributed by atoms with Gasteiger partial charge in [-0.05, 0) is 74.1 Å². The Morgan fingerprint density at radius 2 is 1.81 bits per heavy atom. The Kier molecular flexibility index (Phi) is 8.83. The monoisotopic (exact) mass is 502 g/mol. The van der Waals surface area contributed by atoms with Crippen molar-refractivity contribution in [2.24, 2.45) is 5.41 Å². The first-order chi connectivity index (χ1) is 17.8. The highest BCUT2D eigenvalue weighted by molar-refractivity contribution is 5.77. The van der Waals surface area contributed by atoms with Gasteiger partial charge in [0.2, 0.25) is 5.82 Å². The van der Waals surface area contributed by atoms with Crippen molar-refractivity contribution in [3.05, 3.63) is 53.6 Å². The molecule has 0 atom stereocenters. The van der Waals surface area contributed by atoms with Crippen molar-refractivity contribution >= 4 is 11.0 Å². The molecule has 1 aromatic carbocycles. The molecule has 0 unspecified atom stereocenters. The summed E-state index contributed by atoms with van der Waals surface area (Å²) in [6, 6.07) is 13.0. The smallest absolute Gasteiger partial charge is 0.234 e. The summed E-state index contributed by atoms with van der Waals surface area (Å²) in [5.41, 5.74) is 3.63. The van der Waals surface area contributed by atoms with Crippen molar-refractivity contribution in [3.63, 3.8) is 0 Å². The van der Waals surface area contributed by atoms with Gasteiger partial charge in [-0.15, -0.1) is 0 Å². The Morgan fingerprint density at radius 3 is 2.43 bits per heavy atom. The molecule has 0 bridgehead atoms. The lowest BCUT2D eigenvalue weighted by Gasteiger charge is -2.33. The number of ether oxygens (including phenoxy) is 1. The van der Waals surface area contributed by atoms with Gasteiger partial charge < -0.3 is 14.2 Å². The van der Waals surface area contributed by atoms with E-state index >= 15 is 0 Å². The highest BCUT2D eigenvalue weighted by atomic mass is 16.5. The van der Waals surface area contributed by atoms with E-state index in [0.29, 0.717) is 5.92 Å². The van der Waals surface area contributed by atoms with Crippen molar-refractivity contribution in [2.75, 3.05) is 39.3 Å². The third kappa shape index (κ3) is 7.09. The van der Waals surface area contributed by atoms with Crippen LogP contribution in [0.2, 0.25) is 0 Å². The maximum Gasteiger partial charge on any atom is 0.234 e.